The van der Waals surface area contributed by atoms with E-state index in [1.54, 1.807) is 32.0 Å². The second-order valence-corrected chi connectivity index (χ2v) is 14.3. The Bertz CT molecular complexity index is 1080. The zero-order valence-corrected chi connectivity index (χ0v) is 28.2. The summed E-state index contributed by atoms with van der Waals surface area (Å²) in [6.45, 7) is 7.98. The first kappa shape index (κ1) is 38.4. The molecule has 1 aromatic carbocycles. The van der Waals surface area contributed by atoms with Crippen molar-refractivity contribution in [1.29, 1.82) is 0 Å². The SMILES string of the molecule is CCOP(=O)(CN1CCN(COP=O)CCN(COP=O)CCN(CC(O)CNS(=O)(=O)c2ccccc2)CC1)OCC. The van der Waals surface area contributed by atoms with Crippen molar-refractivity contribution in [2.24, 2.45) is 0 Å². The molecule has 1 aromatic rings. The van der Waals surface area contributed by atoms with Crippen molar-refractivity contribution in [3.05, 3.63) is 30.3 Å². The maximum atomic E-state index is 13.4. The van der Waals surface area contributed by atoms with Crippen LogP contribution in [0, 0.1) is 0 Å². The van der Waals surface area contributed by atoms with Crippen LogP contribution in [0.5, 0.6) is 0 Å². The number of hydrogen-bond acceptors (Lipinski definition) is 14. The van der Waals surface area contributed by atoms with Gasteiger partial charge >= 0.3 is 25.0 Å². The predicted octanol–water partition coefficient (Wildman–Crippen LogP) is 2.13. The number of aliphatic hydroxyl groups excluding tert-OH is 1. The molecule has 0 amide bonds. The highest BCUT2D eigenvalue weighted by Gasteiger charge is 2.28. The van der Waals surface area contributed by atoms with Gasteiger partial charge in [0.15, 0.2) is 0 Å². The lowest BCUT2D eigenvalue weighted by Crippen LogP contribution is -2.48. The van der Waals surface area contributed by atoms with Crippen molar-refractivity contribution in [3.8, 4) is 0 Å². The van der Waals surface area contributed by atoms with E-state index in [1.165, 1.54) is 12.1 Å². The van der Waals surface area contributed by atoms with Crippen molar-refractivity contribution < 1.29 is 45.3 Å². The van der Waals surface area contributed by atoms with E-state index in [0.29, 0.717) is 52.4 Å². The lowest BCUT2D eigenvalue weighted by Gasteiger charge is -2.35. The standard InChI is InChI=1S/C24H44N5O10P3S/c1-3-38-42(33,39-4-2)22-29-16-11-26(19-23(30)18-25-43(34,35)24-8-6-5-7-9-24)10-12-27(20-36-40-31)13-14-28(15-17-29)21-37-41-32/h5-9,23,25,30H,3-4,10-22H2,1-2H3. The highest BCUT2D eigenvalue weighted by Crippen LogP contribution is 2.48. The summed E-state index contributed by atoms with van der Waals surface area (Å²) < 4.78 is 84.3. The molecule has 0 bridgehead atoms. The van der Waals surface area contributed by atoms with Crippen LogP contribution >= 0.6 is 25.0 Å². The van der Waals surface area contributed by atoms with Crippen molar-refractivity contribution in [2.45, 2.75) is 24.8 Å². The molecule has 1 unspecified atom stereocenters. The molecule has 1 aliphatic heterocycles. The van der Waals surface area contributed by atoms with Gasteiger partial charge in [0.05, 0.1) is 24.2 Å². The first-order valence-electron chi connectivity index (χ1n) is 14.0. The molecular weight excluding hydrogens is 643 g/mol. The number of nitrogens with one attached hydrogen (secondary N) is 1. The molecule has 1 aliphatic rings. The Morgan fingerprint density at radius 2 is 1.30 bits per heavy atom. The normalized spacial score (nSPS) is 18.9. The van der Waals surface area contributed by atoms with Crippen molar-refractivity contribution in [3.63, 3.8) is 0 Å². The first-order chi connectivity index (χ1) is 20.6. The number of benzene rings is 1. The minimum atomic E-state index is -3.79. The molecule has 1 atom stereocenters. The maximum Gasteiger partial charge on any atom is 0.344 e. The minimum absolute atomic E-state index is 0.0546. The number of rotatable bonds is 18. The Morgan fingerprint density at radius 1 is 0.837 bits per heavy atom. The fourth-order valence-corrected chi connectivity index (χ4v) is 7.69. The summed E-state index contributed by atoms with van der Waals surface area (Å²) in [6.07, 6.45) is -0.958. The zero-order chi connectivity index (χ0) is 31.6. The molecular formula is C24H44N5O10P3S. The average molecular weight is 688 g/mol. The third kappa shape index (κ3) is 15.4. The maximum absolute atomic E-state index is 13.4. The van der Waals surface area contributed by atoms with Crippen LogP contribution in [0.15, 0.2) is 35.2 Å². The van der Waals surface area contributed by atoms with Crippen LogP contribution in [0.25, 0.3) is 0 Å². The van der Waals surface area contributed by atoms with Crippen molar-refractivity contribution in [1.82, 2.24) is 24.3 Å². The predicted molar refractivity (Wildman–Crippen MR) is 162 cm³/mol. The Kier molecular flexibility index (Phi) is 18.8. The molecule has 19 heteroatoms. The van der Waals surface area contributed by atoms with Gasteiger partial charge in [-0.15, -0.1) is 0 Å². The average Bonchev–Trinajstić information content (AvgIpc) is 2.98. The van der Waals surface area contributed by atoms with Crippen molar-refractivity contribution in [2.75, 3.05) is 98.4 Å². The minimum Gasteiger partial charge on any atom is -0.390 e. The number of nitrogens with zero attached hydrogens (tertiary/aromatic N) is 4. The van der Waals surface area contributed by atoms with Crippen LogP contribution in [-0.4, -0.2) is 138 Å². The molecule has 0 radical (unpaired) electrons. The highest BCUT2D eigenvalue weighted by atomic mass is 32.2. The summed E-state index contributed by atoms with van der Waals surface area (Å²) in [6, 6.07) is 7.93. The summed E-state index contributed by atoms with van der Waals surface area (Å²) >= 11 is 0. The summed E-state index contributed by atoms with van der Waals surface area (Å²) in [5, 5.41) is 10.8. The van der Waals surface area contributed by atoms with Crippen molar-refractivity contribution >= 4 is 35.0 Å². The molecule has 2 rings (SSSR count). The van der Waals surface area contributed by atoms with Crippen LogP contribution in [0.2, 0.25) is 0 Å². The van der Waals surface area contributed by atoms with Crippen LogP contribution in [-0.2, 0) is 41.8 Å². The largest absolute Gasteiger partial charge is 0.390 e. The second kappa shape index (κ2) is 21.1. The van der Waals surface area contributed by atoms with Gasteiger partial charge in [0.2, 0.25) is 10.0 Å². The topological polar surface area (TPSA) is 167 Å². The van der Waals surface area contributed by atoms with Gasteiger partial charge in [-0.05, 0) is 26.0 Å². The number of β-amino-alcohol motifs (C(OH)–C–C–N with tert-alkyl or cyclic N) is 1. The van der Waals surface area contributed by atoms with Gasteiger partial charge in [-0.25, -0.2) is 22.3 Å². The fourth-order valence-electron chi connectivity index (χ4n) is 4.38. The molecule has 15 nitrogen and oxygen atoms in total. The molecule has 0 aromatic heterocycles. The molecule has 43 heavy (non-hydrogen) atoms. The Hall–Kier alpha value is -0.800. The molecule has 246 valence electrons. The van der Waals surface area contributed by atoms with Crippen LogP contribution in [0.3, 0.4) is 0 Å². The number of sulfonamides is 1. The molecule has 1 heterocycles. The molecule has 1 saturated heterocycles. The summed E-state index contributed by atoms with van der Waals surface area (Å²) in [4.78, 5) is 7.96. The van der Waals surface area contributed by atoms with E-state index in [0.717, 1.165) is 0 Å². The zero-order valence-electron chi connectivity index (χ0n) is 24.7. The smallest absolute Gasteiger partial charge is 0.344 e. The Morgan fingerprint density at radius 3 is 1.77 bits per heavy atom. The van der Waals surface area contributed by atoms with E-state index in [9.17, 15) is 27.2 Å². The van der Waals surface area contributed by atoms with Crippen LogP contribution in [0.1, 0.15) is 13.8 Å². The summed E-state index contributed by atoms with van der Waals surface area (Å²) in [5.74, 6) is 0. The van der Waals surface area contributed by atoms with Crippen LogP contribution < -0.4 is 4.72 Å². The molecule has 0 aliphatic carbocycles. The lowest BCUT2D eigenvalue weighted by atomic mass is 10.3. The summed E-state index contributed by atoms with van der Waals surface area (Å²) in [7, 11) is -8.08. The molecule has 2 N–H and O–H groups in total. The molecule has 1 fully saturated rings. The van der Waals surface area contributed by atoms with Gasteiger partial charge < -0.3 is 14.2 Å². The van der Waals surface area contributed by atoms with E-state index < -0.39 is 41.1 Å². The van der Waals surface area contributed by atoms with Gasteiger partial charge in [-0.1, -0.05) is 18.2 Å². The van der Waals surface area contributed by atoms with E-state index in [4.69, 9.17) is 18.1 Å². The highest BCUT2D eigenvalue weighted by molar-refractivity contribution is 7.89. The fraction of sp³-hybridized carbons (Fsp3) is 0.750. The molecule has 0 spiro atoms. The van der Waals surface area contributed by atoms with Gasteiger partial charge in [0.25, 0.3) is 0 Å². The third-order valence-corrected chi connectivity index (χ3v) is 10.5. The van der Waals surface area contributed by atoms with E-state index in [2.05, 4.69) is 4.72 Å². The summed E-state index contributed by atoms with van der Waals surface area (Å²) in [5.41, 5.74) is 0. The second-order valence-electron chi connectivity index (χ2n) is 9.73. The van der Waals surface area contributed by atoms with Gasteiger partial charge in [0.1, 0.15) is 19.7 Å². The third-order valence-electron chi connectivity index (χ3n) is 6.57. The number of hydrogen-bond donors (Lipinski definition) is 2. The van der Waals surface area contributed by atoms with Gasteiger partial charge in [0, 0.05) is 65.4 Å². The number of aliphatic hydroxyl groups is 1. The van der Waals surface area contributed by atoms with Gasteiger partial charge in [-0.2, -0.15) is 0 Å². The van der Waals surface area contributed by atoms with E-state index in [-0.39, 0.29) is 50.9 Å². The first-order valence-corrected chi connectivity index (χ1v) is 18.7. The lowest BCUT2D eigenvalue weighted by molar-refractivity contribution is 0.0566. The van der Waals surface area contributed by atoms with Gasteiger partial charge in [-0.3, -0.25) is 33.2 Å². The Balaban J connectivity index is 2.18. The quantitative estimate of drug-likeness (QED) is 0.216. The Labute approximate surface area is 257 Å². The van der Waals surface area contributed by atoms with E-state index in [1.807, 2.05) is 19.6 Å². The van der Waals surface area contributed by atoms with E-state index >= 15 is 0 Å². The molecule has 0 saturated carbocycles. The monoisotopic (exact) mass is 687 g/mol. The van der Waals surface area contributed by atoms with Crippen LogP contribution in [0.4, 0.5) is 0 Å².